The van der Waals surface area contributed by atoms with Crippen LogP contribution in [-0.2, 0) is 10.8 Å². The zero-order valence-electron chi connectivity index (χ0n) is 41.4. The number of fused-ring (bicyclic) bond motifs is 24. The summed E-state index contributed by atoms with van der Waals surface area (Å²) in [5, 5.41) is 12.6. The van der Waals surface area contributed by atoms with Crippen LogP contribution in [0.5, 0.6) is 0 Å². The van der Waals surface area contributed by atoms with E-state index in [2.05, 4.69) is 254 Å². The molecule has 17 rings (SSSR count). The molecule has 4 aliphatic rings. The van der Waals surface area contributed by atoms with Crippen LogP contribution in [0.3, 0.4) is 0 Å². The first-order valence-electron chi connectivity index (χ1n) is 26.9. The molecular weight excluding hydrogens is 903 g/mol. The zero-order valence-corrected chi connectivity index (χ0v) is 41.4. The molecule has 0 aromatic heterocycles. The van der Waals surface area contributed by atoms with Crippen molar-refractivity contribution in [1.82, 2.24) is 0 Å². The minimum Gasteiger partial charge on any atom is -0.310 e. The van der Waals surface area contributed by atoms with E-state index in [1.807, 2.05) is 0 Å². The first-order valence-corrected chi connectivity index (χ1v) is 26.9. The van der Waals surface area contributed by atoms with Crippen molar-refractivity contribution >= 4 is 70.9 Å². The van der Waals surface area contributed by atoms with Gasteiger partial charge in [0.05, 0.1) is 11.1 Å². The standard InChI is InChI=1S/C74H49N/c1-2-18-51-46(17-1)31-32-47-33-35-49(42-62(47)51)75(50-36-38-56-54-21-4-3-19-52(54)53-20-5-6-22-55(53)64(56)43-50)72-45-71-65(44-63(72)48-34-37-61-57-23-7-11-27-66(57)73(70(61)41-48)39-15-16-40-73)60-26-10-14-30-69(60)74(71)67-28-12-8-24-58(67)59-25-9-13-29-68(59)74/h1-14,17-38,41-45H,15-16,39-40H2. The molecule has 0 heterocycles. The van der Waals surface area contributed by atoms with Crippen molar-refractivity contribution in [2.75, 3.05) is 4.90 Å². The lowest BCUT2D eigenvalue weighted by atomic mass is 9.70. The average Bonchev–Trinajstić information content (AvgIpc) is 4.39. The van der Waals surface area contributed by atoms with Gasteiger partial charge in [-0.05, 0) is 181 Å². The van der Waals surface area contributed by atoms with Gasteiger partial charge in [0.15, 0.2) is 0 Å². The van der Waals surface area contributed by atoms with Crippen LogP contribution in [-0.4, -0.2) is 0 Å². The van der Waals surface area contributed by atoms with Crippen molar-refractivity contribution in [1.29, 1.82) is 0 Å². The highest BCUT2D eigenvalue weighted by Crippen LogP contribution is 2.65. The molecule has 0 saturated heterocycles. The van der Waals surface area contributed by atoms with Gasteiger partial charge in [-0.2, -0.15) is 0 Å². The van der Waals surface area contributed by atoms with Crippen molar-refractivity contribution in [2.45, 2.75) is 36.5 Å². The smallest absolute Gasteiger partial charge is 0.0726 e. The molecule has 0 radical (unpaired) electrons. The maximum atomic E-state index is 2.63. The Kier molecular flexibility index (Phi) is 8.43. The Morgan fingerprint density at radius 3 is 1.36 bits per heavy atom. The minimum atomic E-state index is -0.524. The summed E-state index contributed by atoms with van der Waals surface area (Å²) < 4.78 is 0. The molecule has 0 amide bonds. The van der Waals surface area contributed by atoms with Gasteiger partial charge in [0, 0.05) is 22.4 Å². The van der Waals surface area contributed by atoms with Crippen LogP contribution < -0.4 is 4.90 Å². The van der Waals surface area contributed by atoms with Gasteiger partial charge in [-0.1, -0.05) is 219 Å². The lowest BCUT2D eigenvalue weighted by molar-refractivity contribution is 0.550. The molecule has 350 valence electrons. The molecule has 1 fully saturated rings. The lowest BCUT2D eigenvalue weighted by Gasteiger charge is -2.34. The van der Waals surface area contributed by atoms with E-state index >= 15 is 0 Å². The van der Waals surface area contributed by atoms with Gasteiger partial charge in [-0.15, -0.1) is 0 Å². The minimum absolute atomic E-state index is 0.0218. The fourth-order valence-corrected chi connectivity index (χ4v) is 15.3. The van der Waals surface area contributed by atoms with E-state index in [1.165, 1.54) is 163 Å². The van der Waals surface area contributed by atoms with Crippen LogP contribution in [0.25, 0.3) is 98.4 Å². The van der Waals surface area contributed by atoms with Crippen molar-refractivity contribution in [3.63, 3.8) is 0 Å². The SMILES string of the molecule is c1ccc2c(c1)-c1ccc(-c3cc4c(cc3N(c3ccc5ccc6ccccc6c5c3)c3ccc5c6ccccc6c6ccccc6c5c3)C3(c5ccccc5-c5ccccc53)c3ccccc3-4)cc1C21CCCC1. The molecule has 0 N–H and O–H groups in total. The largest absolute Gasteiger partial charge is 0.310 e. The van der Waals surface area contributed by atoms with Gasteiger partial charge >= 0.3 is 0 Å². The summed E-state index contributed by atoms with van der Waals surface area (Å²) in [7, 11) is 0. The van der Waals surface area contributed by atoms with Gasteiger partial charge < -0.3 is 4.90 Å². The van der Waals surface area contributed by atoms with E-state index in [4.69, 9.17) is 0 Å². The Labute approximate surface area is 436 Å². The summed E-state index contributed by atoms with van der Waals surface area (Å²) in [6.07, 6.45) is 4.87. The van der Waals surface area contributed by atoms with Gasteiger partial charge in [0.25, 0.3) is 0 Å². The van der Waals surface area contributed by atoms with Gasteiger partial charge in [0.2, 0.25) is 0 Å². The summed E-state index contributed by atoms with van der Waals surface area (Å²) in [4.78, 5) is 2.62. The van der Waals surface area contributed by atoms with Crippen molar-refractivity contribution in [2.24, 2.45) is 0 Å². The van der Waals surface area contributed by atoms with Crippen molar-refractivity contribution in [3.8, 4) is 44.5 Å². The highest BCUT2D eigenvalue weighted by atomic mass is 15.1. The fraction of sp³-hybridized carbons (Fsp3) is 0.0811. The van der Waals surface area contributed by atoms with E-state index in [0.717, 1.165) is 11.4 Å². The summed E-state index contributed by atoms with van der Waals surface area (Å²) in [5.74, 6) is 0. The molecule has 75 heavy (non-hydrogen) atoms. The van der Waals surface area contributed by atoms with Crippen LogP contribution >= 0.6 is 0 Å². The monoisotopic (exact) mass is 951 g/mol. The molecule has 13 aromatic rings. The van der Waals surface area contributed by atoms with Crippen molar-refractivity contribution < 1.29 is 0 Å². The number of rotatable bonds is 4. The maximum absolute atomic E-state index is 2.63. The third kappa shape index (κ3) is 5.47. The van der Waals surface area contributed by atoms with Crippen LogP contribution in [0.2, 0.25) is 0 Å². The molecule has 1 saturated carbocycles. The predicted octanol–water partition coefficient (Wildman–Crippen LogP) is 19.8. The molecule has 0 atom stereocenters. The third-order valence-corrected chi connectivity index (χ3v) is 18.4. The Morgan fingerprint density at radius 1 is 0.267 bits per heavy atom. The van der Waals surface area contributed by atoms with E-state index in [-0.39, 0.29) is 5.41 Å². The van der Waals surface area contributed by atoms with E-state index in [0.29, 0.717) is 0 Å². The number of hydrogen-bond acceptors (Lipinski definition) is 1. The molecular formula is C74H49N. The lowest BCUT2D eigenvalue weighted by Crippen LogP contribution is -2.26. The summed E-state index contributed by atoms with van der Waals surface area (Å²) >= 11 is 0. The molecule has 0 unspecified atom stereocenters. The Bertz CT molecular complexity index is 4540. The Hall–Kier alpha value is -9.04. The molecule has 2 spiro atoms. The molecule has 1 heteroatoms. The third-order valence-electron chi connectivity index (χ3n) is 18.4. The first-order chi connectivity index (χ1) is 37.2. The molecule has 0 aliphatic heterocycles. The van der Waals surface area contributed by atoms with Crippen LogP contribution in [0.1, 0.15) is 59.1 Å². The quantitative estimate of drug-likeness (QED) is 0.159. The second-order valence-electron chi connectivity index (χ2n) is 21.7. The maximum Gasteiger partial charge on any atom is 0.0726 e. The highest BCUT2D eigenvalue weighted by Gasteiger charge is 2.52. The van der Waals surface area contributed by atoms with Gasteiger partial charge in [-0.3, -0.25) is 0 Å². The normalized spacial score (nSPS) is 14.9. The molecule has 4 aliphatic carbocycles. The highest BCUT2D eigenvalue weighted by molar-refractivity contribution is 6.26. The first kappa shape index (κ1) is 41.4. The van der Waals surface area contributed by atoms with Gasteiger partial charge in [0.1, 0.15) is 0 Å². The fourth-order valence-electron chi connectivity index (χ4n) is 15.3. The molecule has 1 nitrogen and oxygen atoms in total. The number of benzene rings is 13. The summed E-state index contributed by atoms with van der Waals surface area (Å²) in [5.41, 5.74) is 21.8. The summed E-state index contributed by atoms with van der Waals surface area (Å²) in [6, 6.07) is 95.6. The van der Waals surface area contributed by atoms with Crippen LogP contribution in [0, 0.1) is 0 Å². The second kappa shape index (κ2) is 15.3. The zero-order chi connectivity index (χ0) is 49.0. The van der Waals surface area contributed by atoms with Crippen LogP contribution in [0.4, 0.5) is 17.1 Å². The Balaban J connectivity index is 1.02. The predicted molar refractivity (Wildman–Crippen MR) is 315 cm³/mol. The number of nitrogens with zero attached hydrogens (tertiary/aromatic N) is 1. The average molecular weight is 952 g/mol. The van der Waals surface area contributed by atoms with Gasteiger partial charge in [-0.25, -0.2) is 0 Å². The summed E-state index contributed by atoms with van der Waals surface area (Å²) in [6.45, 7) is 0. The number of hydrogen-bond donors (Lipinski definition) is 0. The molecule has 13 aromatic carbocycles. The number of anilines is 3. The van der Waals surface area contributed by atoms with Crippen molar-refractivity contribution in [3.05, 3.63) is 282 Å². The van der Waals surface area contributed by atoms with E-state index in [1.54, 1.807) is 0 Å². The second-order valence-corrected chi connectivity index (χ2v) is 21.7. The molecule has 0 bridgehead atoms. The van der Waals surface area contributed by atoms with Crippen LogP contribution in [0.15, 0.2) is 249 Å². The van der Waals surface area contributed by atoms with E-state index < -0.39 is 5.41 Å². The Morgan fingerprint density at radius 2 is 0.720 bits per heavy atom. The topological polar surface area (TPSA) is 3.24 Å². The van der Waals surface area contributed by atoms with E-state index in [9.17, 15) is 0 Å².